The number of nitrogens with one attached hydrogen (secondary N) is 1. The van der Waals surface area contributed by atoms with Crippen molar-refractivity contribution in [3.63, 3.8) is 0 Å². The van der Waals surface area contributed by atoms with Crippen molar-refractivity contribution in [1.82, 2.24) is 5.32 Å². The van der Waals surface area contributed by atoms with Crippen LogP contribution in [0.4, 0.5) is 0 Å². The average Bonchev–Trinajstić information content (AvgIpc) is 2.55. The minimum Gasteiger partial charge on any atom is -0.493 e. The van der Waals surface area contributed by atoms with Gasteiger partial charge in [0, 0.05) is 25.3 Å². The summed E-state index contributed by atoms with van der Waals surface area (Å²) in [7, 11) is 4.88. The summed E-state index contributed by atoms with van der Waals surface area (Å²) in [6, 6.07) is 3.89. The second kappa shape index (κ2) is 8.10. The van der Waals surface area contributed by atoms with Crippen molar-refractivity contribution in [2.75, 3.05) is 34.5 Å². The molecule has 0 bridgehead atoms. The Balaban J connectivity index is 1.98. The third-order valence-electron chi connectivity index (χ3n) is 3.75. The van der Waals surface area contributed by atoms with E-state index >= 15 is 0 Å². The molecule has 1 heterocycles. The fourth-order valence-electron chi connectivity index (χ4n) is 2.64. The van der Waals surface area contributed by atoms with Crippen molar-refractivity contribution in [3.8, 4) is 17.2 Å². The van der Waals surface area contributed by atoms with E-state index < -0.39 is 0 Å². The highest BCUT2D eigenvalue weighted by atomic mass is 16.5. The van der Waals surface area contributed by atoms with Crippen molar-refractivity contribution in [3.05, 3.63) is 17.7 Å². The Kier molecular flexibility index (Phi) is 6.14. The molecule has 5 nitrogen and oxygen atoms in total. The van der Waals surface area contributed by atoms with Gasteiger partial charge in [-0.3, -0.25) is 0 Å². The second-order valence-electron chi connectivity index (χ2n) is 5.11. The highest BCUT2D eigenvalue weighted by Gasteiger charge is 2.17. The predicted octanol–water partition coefficient (Wildman–Crippen LogP) is 2.37. The van der Waals surface area contributed by atoms with Crippen LogP contribution in [0.1, 0.15) is 24.8 Å². The summed E-state index contributed by atoms with van der Waals surface area (Å²) >= 11 is 0. The zero-order chi connectivity index (χ0) is 15.1. The van der Waals surface area contributed by atoms with Crippen LogP contribution in [-0.4, -0.2) is 40.6 Å². The lowest BCUT2D eigenvalue weighted by molar-refractivity contribution is 0.0167. The van der Waals surface area contributed by atoms with Gasteiger partial charge in [0.15, 0.2) is 11.5 Å². The molecule has 0 saturated carbocycles. The molecule has 1 N–H and O–H groups in total. The van der Waals surface area contributed by atoms with Gasteiger partial charge in [-0.15, -0.1) is 0 Å². The first kappa shape index (κ1) is 15.9. The molecule has 1 atom stereocenters. The largest absolute Gasteiger partial charge is 0.493 e. The Labute approximate surface area is 126 Å². The number of methoxy groups -OCH3 is 3. The number of hydrogen-bond acceptors (Lipinski definition) is 5. The first-order valence-electron chi connectivity index (χ1n) is 7.40. The quantitative estimate of drug-likeness (QED) is 0.837. The average molecular weight is 295 g/mol. The van der Waals surface area contributed by atoms with Gasteiger partial charge in [-0.05, 0) is 25.3 Å². The minimum atomic E-state index is 0.324. The van der Waals surface area contributed by atoms with Crippen molar-refractivity contribution < 1.29 is 18.9 Å². The molecule has 1 aromatic rings. The Morgan fingerprint density at radius 2 is 1.90 bits per heavy atom. The van der Waals surface area contributed by atoms with E-state index in [9.17, 15) is 0 Å². The highest BCUT2D eigenvalue weighted by Crippen LogP contribution is 2.39. The molecule has 0 radical (unpaired) electrons. The molecule has 1 aliphatic rings. The van der Waals surface area contributed by atoms with Crippen LogP contribution in [0.15, 0.2) is 12.1 Å². The van der Waals surface area contributed by atoms with Gasteiger partial charge in [0.05, 0.1) is 27.4 Å². The van der Waals surface area contributed by atoms with Crippen molar-refractivity contribution in [1.29, 1.82) is 0 Å². The van der Waals surface area contributed by atoms with Gasteiger partial charge >= 0.3 is 0 Å². The van der Waals surface area contributed by atoms with Crippen molar-refractivity contribution in [2.24, 2.45) is 0 Å². The summed E-state index contributed by atoms with van der Waals surface area (Å²) in [6.07, 6.45) is 3.90. The third-order valence-corrected chi connectivity index (χ3v) is 3.75. The molecule has 5 heteroatoms. The zero-order valence-electron chi connectivity index (χ0n) is 13.1. The Morgan fingerprint density at radius 3 is 2.52 bits per heavy atom. The van der Waals surface area contributed by atoms with Gasteiger partial charge in [0.2, 0.25) is 5.75 Å². The molecule has 0 amide bonds. The molecule has 2 rings (SSSR count). The van der Waals surface area contributed by atoms with Crippen LogP contribution >= 0.6 is 0 Å². The normalized spacial score (nSPS) is 18.3. The van der Waals surface area contributed by atoms with E-state index in [2.05, 4.69) is 5.32 Å². The number of ether oxygens (including phenoxy) is 4. The first-order valence-corrected chi connectivity index (χ1v) is 7.40. The molecule has 1 aromatic carbocycles. The molecule has 21 heavy (non-hydrogen) atoms. The van der Waals surface area contributed by atoms with Gasteiger partial charge in [0.25, 0.3) is 0 Å². The summed E-state index contributed by atoms with van der Waals surface area (Å²) < 4.78 is 21.9. The summed E-state index contributed by atoms with van der Waals surface area (Å²) in [5.74, 6) is 2.02. The summed E-state index contributed by atoms with van der Waals surface area (Å²) in [5, 5.41) is 3.43. The topological polar surface area (TPSA) is 49.0 Å². The van der Waals surface area contributed by atoms with Crippen molar-refractivity contribution >= 4 is 0 Å². The molecule has 1 fully saturated rings. The van der Waals surface area contributed by atoms with E-state index in [1.165, 1.54) is 12.8 Å². The van der Waals surface area contributed by atoms with Crippen LogP contribution in [0.2, 0.25) is 0 Å². The van der Waals surface area contributed by atoms with Crippen LogP contribution < -0.4 is 19.5 Å². The maximum atomic E-state index is 5.72. The number of hydrogen-bond donors (Lipinski definition) is 1. The lowest BCUT2D eigenvalue weighted by Gasteiger charge is -2.23. The number of benzene rings is 1. The lowest BCUT2D eigenvalue weighted by atomic mass is 10.1. The molecule has 0 spiro atoms. The molecule has 1 unspecified atom stereocenters. The predicted molar refractivity (Wildman–Crippen MR) is 81.4 cm³/mol. The van der Waals surface area contributed by atoms with Gasteiger partial charge in [0.1, 0.15) is 0 Å². The fourth-order valence-corrected chi connectivity index (χ4v) is 2.64. The number of rotatable bonds is 7. The highest BCUT2D eigenvalue weighted by molar-refractivity contribution is 5.55. The SMILES string of the molecule is COc1ccc(CNCC2CCCCO2)c(OC)c1OC. The first-order chi connectivity index (χ1) is 10.3. The minimum absolute atomic E-state index is 0.324. The molecular formula is C16H25NO4. The maximum absolute atomic E-state index is 5.72. The zero-order valence-corrected chi connectivity index (χ0v) is 13.1. The molecule has 118 valence electrons. The molecule has 1 aliphatic heterocycles. The van der Waals surface area contributed by atoms with Gasteiger partial charge in [-0.25, -0.2) is 0 Å². The van der Waals surface area contributed by atoms with E-state index in [1.54, 1.807) is 21.3 Å². The summed E-state index contributed by atoms with van der Waals surface area (Å²) in [4.78, 5) is 0. The second-order valence-corrected chi connectivity index (χ2v) is 5.11. The van der Waals surface area contributed by atoms with Gasteiger partial charge < -0.3 is 24.3 Å². The molecular weight excluding hydrogens is 270 g/mol. The Hall–Kier alpha value is -1.46. The molecule has 0 aromatic heterocycles. The van der Waals surface area contributed by atoms with Crippen molar-refractivity contribution in [2.45, 2.75) is 31.9 Å². The van der Waals surface area contributed by atoms with Crippen LogP contribution in [0.5, 0.6) is 17.2 Å². The lowest BCUT2D eigenvalue weighted by Crippen LogP contribution is -2.31. The van der Waals surface area contributed by atoms with E-state index in [1.807, 2.05) is 12.1 Å². The summed E-state index contributed by atoms with van der Waals surface area (Å²) in [6.45, 7) is 2.45. The van der Waals surface area contributed by atoms with Crippen LogP contribution in [-0.2, 0) is 11.3 Å². The maximum Gasteiger partial charge on any atom is 0.203 e. The molecule has 0 aliphatic carbocycles. The third kappa shape index (κ3) is 4.02. The van der Waals surface area contributed by atoms with E-state index in [0.717, 1.165) is 25.1 Å². The van der Waals surface area contributed by atoms with E-state index in [4.69, 9.17) is 18.9 Å². The van der Waals surface area contributed by atoms with Crippen LogP contribution in [0.3, 0.4) is 0 Å². The smallest absolute Gasteiger partial charge is 0.203 e. The summed E-state index contributed by atoms with van der Waals surface area (Å²) in [5.41, 5.74) is 1.05. The Morgan fingerprint density at radius 1 is 1.10 bits per heavy atom. The standard InChI is InChI=1S/C16H25NO4/c1-18-14-8-7-12(15(19-2)16(14)20-3)10-17-11-13-6-4-5-9-21-13/h7-8,13,17H,4-6,9-11H2,1-3H3. The van der Waals surface area contributed by atoms with Crippen LogP contribution in [0, 0.1) is 0 Å². The van der Waals surface area contributed by atoms with E-state index in [0.29, 0.717) is 29.9 Å². The van der Waals surface area contributed by atoms with Gasteiger partial charge in [-0.1, -0.05) is 6.07 Å². The Bertz CT molecular complexity index is 444. The van der Waals surface area contributed by atoms with Crippen LogP contribution in [0.25, 0.3) is 0 Å². The monoisotopic (exact) mass is 295 g/mol. The fraction of sp³-hybridized carbons (Fsp3) is 0.625. The van der Waals surface area contributed by atoms with Gasteiger partial charge in [-0.2, -0.15) is 0 Å². The van der Waals surface area contributed by atoms with E-state index in [-0.39, 0.29) is 0 Å². The molecule has 1 saturated heterocycles.